The number of para-hydroxylation sites is 1. The summed E-state index contributed by atoms with van der Waals surface area (Å²) < 4.78 is 25.3. The number of anilines is 1. The van der Waals surface area contributed by atoms with Crippen LogP contribution in [0.1, 0.15) is 5.56 Å². The molecule has 0 saturated carbocycles. The standard InChI is InChI=1S/C14H13N3O2S2/c1-10-6-8-11(9-7-10)21(18,19)17-16-14-15-12-4-2-3-5-13(12)20-14/h2-9,17H,1H3,(H,15,16). The average molecular weight is 319 g/mol. The normalized spacial score (nSPS) is 11.7. The van der Waals surface area contributed by atoms with Crippen LogP contribution in [0.25, 0.3) is 10.2 Å². The molecule has 0 amide bonds. The number of nitrogens with zero attached hydrogens (tertiary/aromatic N) is 1. The Balaban J connectivity index is 1.78. The fraction of sp³-hybridized carbons (Fsp3) is 0.0714. The first-order valence-corrected chi connectivity index (χ1v) is 8.55. The smallest absolute Gasteiger partial charge is 0.257 e. The van der Waals surface area contributed by atoms with Crippen molar-refractivity contribution in [3.63, 3.8) is 0 Å². The summed E-state index contributed by atoms with van der Waals surface area (Å²) in [5.41, 5.74) is 4.50. The molecular weight excluding hydrogens is 306 g/mol. The number of aryl methyl sites for hydroxylation is 1. The molecule has 3 aromatic rings. The van der Waals surface area contributed by atoms with Gasteiger partial charge >= 0.3 is 0 Å². The lowest BCUT2D eigenvalue weighted by Gasteiger charge is -2.07. The van der Waals surface area contributed by atoms with Crippen molar-refractivity contribution in [3.05, 3.63) is 54.1 Å². The molecule has 0 saturated heterocycles. The molecule has 2 N–H and O–H groups in total. The van der Waals surface area contributed by atoms with Gasteiger partial charge in [-0.3, -0.25) is 5.43 Å². The van der Waals surface area contributed by atoms with Crippen LogP contribution in [0, 0.1) is 6.92 Å². The SMILES string of the molecule is Cc1ccc(S(=O)(=O)NNc2nc3ccccc3s2)cc1. The van der Waals surface area contributed by atoms with Crippen molar-refractivity contribution in [2.75, 3.05) is 5.43 Å². The fourth-order valence-corrected chi connectivity index (χ4v) is 3.54. The zero-order valence-corrected chi connectivity index (χ0v) is 12.8. The second-order valence-corrected chi connectivity index (χ2v) is 7.24. The number of thiazole rings is 1. The van der Waals surface area contributed by atoms with Gasteiger partial charge in [-0.25, -0.2) is 13.4 Å². The highest BCUT2D eigenvalue weighted by atomic mass is 32.2. The molecule has 7 heteroatoms. The molecule has 0 atom stereocenters. The topological polar surface area (TPSA) is 71.1 Å². The molecule has 0 spiro atoms. The van der Waals surface area contributed by atoms with Crippen LogP contribution >= 0.6 is 11.3 Å². The summed E-state index contributed by atoms with van der Waals surface area (Å²) in [7, 11) is -3.61. The largest absolute Gasteiger partial charge is 0.283 e. The van der Waals surface area contributed by atoms with Crippen molar-refractivity contribution in [2.45, 2.75) is 11.8 Å². The lowest BCUT2D eigenvalue weighted by atomic mass is 10.2. The second kappa shape index (κ2) is 5.44. The van der Waals surface area contributed by atoms with Gasteiger partial charge in [-0.2, -0.15) is 0 Å². The van der Waals surface area contributed by atoms with Gasteiger partial charge in [-0.1, -0.05) is 41.2 Å². The molecule has 0 radical (unpaired) electrons. The number of benzene rings is 2. The Bertz CT molecular complexity index is 838. The maximum absolute atomic E-state index is 12.1. The van der Waals surface area contributed by atoms with E-state index in [9.17, 15) is 8.42 Å². The van der Waals surface area contributed by atoms with Crippen LogP contribution in [-0.2, 0) is 10.0 Å². The Morgan fingerprint density at radius 3 is 2.48 bits per heavy atom. The van der Waals surface area contributed by atoms with E-state index in [0.717, 1.165) is 15.8 Å². The van der Waals surface area contributed by atoms with Crippen molar-refractivity contribution in [2.24, 2.45) is 0 Å². The minimum Gasteiger partial charge on any atom is -0.283 e. The number of aromatic nitrogens is 1. The Kier molecular flexibility index (Phi) is 3.62. The Morgan fingerprint density at radius 1 is 1.05 bits per heavy atom. The third-order valence-corrected chi connectivity index (χ3v) is 5.13. The molecule has 108 valence electrons. The van der Waals surface area contributed by atoms with Gasteiger partial charge in [0.15, 0.2) is 5.13 Å². The van der Waals surface area contributed by atoms with Gasteiger partial charge in [0, 0.05) is 0 Å². The molecule has 0 unspecified atom stereocenters. The molecule has 0 aliphatic rings. The third-order valence-electron chi connectivity index (χ3n) is 2.92. The van der Waals surface area contributed by atoms with E-state index in [-0.39, 0.29) is 4.90 Å². The predicted molar refractivity (Wildman–Crippen MR) is 84.7 cm³/mol. The quantitative estimate of drug-likeness (QED) is 0.725. The molecule has 5 nitrogen and oxygen atoms in total. The summed E-state index contributed by atoms with van der Waals surface area (Å²) >= 11 is 1.39. The zero-order valence-electron chi connectivity index (χ0n) is 11.2. The zero-order chi connectivity index (χ0) is 14.9. The highest BCUT2D eigenvalue weighted by molar-refractivity contribution is 7.89. The molecule has 1 heterocycles. The van der Waals surface area contributed by atoms with Crippen LogP contribution in [0.4, 0.5) is 5.13 Å². The molecule has 2 aromatic carbocycles. The second-order valence-electron chi connectivity index (χ2n) is 4.53. The number of hydrazine groups is 1. The van der Waals surface area contributed by atoms with Gasteiger partial charge in [0.25, 0.3) is 10.0 Å². The van der Waals surface area contributed by atoms with Crippen molar-refractivity contribution >= 4 is 36.7 Å². The Labute approximate surface area is 126 Å². The number of rotatable bonds is 4. The fourth-order valence-electron chi connectivity index (χ4n) is 1.81. The Morgan fingerprint density at radius 2 is 1.76 bits per heavy atom. The van der Waals surface area contributed by atoms with Crippen LogP contribution < -0.4 is 10.3 Å². The van der Waals surface area contributed by atoms with Gasteiger partial charge < -0.3 is 0 Å². The van der Waals surface area contributed by atoms with Gasteiger partial charge in [-0.05, 0) is 31.2 Å². The summed E-state index contributed by atoms with van der Waals surface area (Å²) in [6.45, 7) is 1.91. The van der Waals surface area contributed by atoms with Crippen LogP contribution in [0.3, 0.4) is 0 Å². The van der Waals surface area contributed by atoms with Crippen LogP contribution in [0.5, 0.6) is 0 Å². The van der Waals surface area contributed by atoms with E-state index >= 15 is 0 Å². The number of hydrogen-bond donors (Lipinski definition) is 2. The lowest BCUT2D eigenvalue weighted by molar-refractivity contribution is 0.587. The minimum absolute atomic E-state index is 0.210. The molecule has 1 aromatic heterocycles. The van der Waals surface area contributed by atoms with Gasteiger partial charge in [-0.15, -0.1) is 4.83 Å². The molecule has 21 heavy (non-hydrogen) atoms. The van der Waals surface area contributed by atoms with E-state index in [4.69, 9.17) is 0 Å². The number of sulfonamides is 1. The summed E-state index contributed by atoms with van der Waals surface area (Å²) in [4.78, 5) is 6.86. The molecular formula is C14H13N3O2S2. The summed E-state index contributed by atoms with van der Waals surface area (Å²) in [5.74, 6) is 0. The highest BCUT2D eigenvalue weighted by Crippen LogP contribution is 2.25. The summed E-state index contributed by atoms with van der Waals surface area (Å²) in [6, 6.07) is 14.3. The highest BCUT2D eigenvalue weighted by Gasteiger charge is 2.14. The van der Waals surface area contributed by atoms with Gasteiger partial charge in [0.2, 0.25) is 0 Å². The first kappa shape index (κ1) is 14.0. The molecule has 0 fully saturated rings. The first-order valence-electron chi connectivity index (χ1n) is 6.25. The van der Waals surface area contributed by atoms with Crippen LogP contribution in [-0.4, -0.2) is 13.4 Å². The van der Waals surface area contributed by atoms with E-state index in [1.54, 1.807) is 24.3 Å². The Hall–Kier alpha value is -1.96. The lowest BCUT2D eigenvalue weighted by Crippen LogP contribution is -2.29. The van der Waals surface area contributed by atoms with Crippen molar-refractivity contribution < 1.29 is 8.42 Å². The van der Waals surface area contributed by atoms with E-state index < -0.39 is 10.0 Å². The van der Waals surface area contributed by atoms with E-state index in [2.05, 4.69) is 15.2 Å². The predicted octanol–water partition coefficient (Wildman–Crippen LogP) is 2.91. The van der Waals surface area contributed by atoms with E-state index in [1.807, 2.05) is 31.2 Å². The van der Waals surface area contributed by atoms with Crippen molar-refractivity contribution in [1.29, 1.82) is 0 Å². The average Bonchev–Trinajstić information content (AvgIpc) is 2.89. The maximum Gasteiger partial charge on any atom is 0.257 e. The van der Waals surface area contributed by atoms with Crippen LogP contribution in [0.15, 0.2) is 53.4 Å². The van der Waals surface area contributed by atoms with E-state index in [0.29, 0.717) is 5.13 Å². The molecule has 0 aliphatic heterocycles. The van der Waals surface area contributed by atoms with Gasteiger partial charge in [0.1, 0.15) is 0 Å². The molecule has 3 rings (SSSR count). The van der Waals surface area contributed by atoms with Crippen LogP contribution in [0.2, 0.25) is 0 Å². The van der Waals surface area contributed by atoms with Crippen molar-refractivity contribution in [1.82, 2.24) is 9.82 Å². The first-order chi connectivity index (χ1) is 10.0. The minimum atomic E-state index is -3.61. The third kappa shape index (κ3) is 3.05. The number of nitrogens with one attached hydrogen (secondary N) is 2. The maximum atomic E-state index is 12.1. The van der Waals surface area contributed by atoms with Gasteiger partial charge in [0.05, 0.1) is 15.1 Å². The summed E-state index contributed by atoms with van der Waals surface area (Å²) in [5, 5.41) is 0.506. The van der Waals surface area contributed by atoms with Crippen molar-refractivity contribution in [3.8, 4) is 0 Å². The van der Waals surface area contributed by atoms with E-state index in [1.165, 1.54) is 11.3 Å². The molecule has 0 bridgehead atoms. The monoisotopic (exact) mass is 319 g/mol. The number of fused-ring (bicyclic) bond motifs is 1. The molecule has 0 aliphatic carbocycles. The number of hydrogen-bond acceptors (Lipinski definition) is 5. The summed E-state index contributed by atoms with van der Waals surface area (Å²) in [6.07, 6.45) is 0.